The van der Waals surface area contributed by atoms with Gasteiger partial charge in [0.25, 0.3) is 0 Å². The number of nitrogens with zero attached hydrogens (tertiary/aromatic N) is 2. The molecule has 3 nitrogen and oxygen atoms in total. The second kappa shape index (κ2) is 7.76. The van der Waals surface area contributed by atoms with Gasteiger partial charge < -0.3 is 5.73 Å². The van der Waals surface area contributed by atoms with E-state index < -0.39 is 0 Å². The average Bonchev–Trinajstić information content (AvgIpc) is 2.95. The normalized spacial score (nSPS) is 10.7. The smallest absolute Gasteiger partial charge is 0.0945 e. The quantitative estimate of drug-likeness (QED) is 0.598. The van der Waals surface area contributed by atoms with Crippen LogP contribution in [0.15, 0.2) is 55.0 Å². The fourth-order valence-electron chi connectivity index (χ4n) is 2.09. The van der Waals surface area contributed by atoms with Crippen molar-refractivity contribution in [3.8, 4) is 11.3 Å². The number of benzene rings is 1. The number of aromatic nitrogens is 1. The van der Waals surface area contributed by atoms with E-state index in [1.807, 2.05) is 36.4 Å². The summed E-state index contributed by atoms with van der Waals surface area (Å²) in [6.07, 6.45) is 4.79. The van der Waals surface area contributed by atoms with E-state index >= 15 is 0 Å². The fourth-order valence-corrected chi connectivity index (χ4v) is 2.88. The van der Waals surface area contributed by atoms with E-state index in [1.165, 1.54) is 0 Å². The van der Waals surface area contributed by atoms with Crippen molar-refractivity contribution in [3.05, 3.63) is 60.0 Å². The molecule has 110 valence electrons. The lowest BCUT2D eigenvalue weighted by molar-refractivity contribution is 0.339. The molecule has 0 fully saturated rings. The van der Waals surface area contributed by atoms with Gasteiger partial charge in [-0.1, -0.05) is 24.3 Å². The Morgan fingerprint density at radius 2 is 1.81 bits per heavy atom. The monoisotopic (exact) mass is 299 g/mol. The summed E-state index contributed by atoms with van der Waals surface area (Å²) in [6.45, 7) is 10.3. The van der Waals surface area contributed by atoms with Crippen molar-refractivity contribution in [2.75, 3.05) is 25.4 Å². The maximum Gasteiger partial charge on any atom is 0.0945 e. The van der Waals surface area contributed by atoms with Gasteiger partial charge in [-0.2, -0.15) is 0 Å². The van der Waals surface area contributed by atoms with Crippen LogP contribution in [0.4, 0.5) is 5.69 Å². The van der Waals surface area contributed by atoms with Crippen molar-refractivity contribution in [3.63, 3.8) is 0 Å². The summed E-state index contributed by atoms with van der Waals surface area (Å²) in [4.78, 5) is 7.00. The highest BCUT2D eigenvalue weighted by Gasteiger charge is 2.07. The van der Waals surface area contributed by atoms with E-state index in [0.717, 1.165) is 48.0 Å². The minimum absolute atomic E-state index is 0.777. The zero-order chi connectivity index (χ0) is 15.1. The molecule has 4 heteroatoms. The molecule has 0 aliphatic carbocycles. The molecule has 21 heavy (non-hydrogen) atoms. The molecule has 0 aliphatic heterocycles. The van der Waals surface area contributed by atoms with Gasteiger partial charge in [0.2, 0.25) is 0 Å². The summed E-state index contributed by atoms with van der Waals surface area (Å²) in [5.41, 5.74) is 8.62. The number of nitrogen functional groups attached to an aromatic ring is 1. The number of hydrogen-bond donors (Lipinski definition) is 1. The van der Waals surface area contributed by atoms with Crippen LogP contribution in [0.3, 0.4) is 0 Å². The Balaban J connectivity index is 1.98. The Morgan fingerprint density at radius 3 is 2.43 bits per heavy atom. The maximum atomic E-state index is 5.71. The lowest BCUT2D eigenvalue weighted by Crippen LogP contribution is -2.26. The number of thiazole rings is 1. The van der Waals surface area contributed by atoms with Crippen LogP contribution in [0.2, 0.25) is 0 Å². The Morgan fingerprint density at radius 1 is 1.14 bits per heavy atom. The highest BCUT2D eigenvalue weighted by molar-refractivity contribution is 7.09. The molecule has 0 atom stereocenters. The molecule has 0 radical (unpaired) electrons. The van der Waals surface area contributed by atoms with Gasteiger partial charge >= 0.3 is 0 Å². The second-order valence-corrected chi connectivity index (χ2v) is 5.78. The first kappa shape index (κ1) is 15.5. The van der Waals surface area contributed by atoms with Crippen LogP contribution in [0, 0.1) is 0 Å². The second-order valence-electron chi connectivity index (χ2n) is 4.84. The predicted octanol–water partition coefficient (Wildman–Crippen LogP) is 3.61. The Kier molecular flexibility index (Phi) is 5.72. The maximum absolute atomic E-state index is 5.71. The van der Waals surface area contributed by atoms with E-state index in [1.54, 1.807) is 11.3 Å². The molecule has 0 saturated heterocycles. The molecular weight excluding hydrogens is 278 g/mol. The van der Waals surface area contributed by atoms with Gasteiger partial charge in [-0.25, -0.2) is 4.98 Å². The average molecular weight is 299 g/mol. The van der Waals surface area contributed by atoms with Crippen molar-refractivity contribution in [2.24, 2.45) is 0 Å². The minimum Gasteiger partial charge on any atom is -0.399 e. The number of rotatable bonds is 8. The third-order valence-electron chi connectivity index (χ3n) is 3.17. The van der Waals surface area contributed by atoms with Crippen LogP contribution in [0.5, 0.6) is 0 Å². The molecule has 0 bridgehead atoms. The first-order chi connectivity index (χ1) is 10.2. The topological polar surface area (TPSA) is 42.2 Å². The zero-order valence-corrected chi connectivity index (χ0v) is 13.0. The predicted molar refractivity (Wildman–Crippen MR) is 92.5 cm³/mol. The zero-order valence-electron chi connectivity index (χ0n) is 12.2. The molecule has 0 amide bonds. The SMILES string of the molecule is C=CCN(CC=C)CCc1nc(-c2ccc(N)cc2)cs1. The van der Waals surface area contributed by atoms with Gasteiger partial charge in [-0.15, -0.1) is 24.5 Å². The van der Waals surface area contributed by atoms with E-state index in [0.29, 0.717) is 0 Å². The van der Waals surface area contributed by atoms with E-state index in [9.17, 15) is 0 Å². The summed E-state index contributed by atoms with van der Waals surface area (Å²) in [5.74, 6) is 0. The molecule has 2 N–H and O–H groups in total. The van der Waals surface area contributed by atoms with Crippen LogP contribution in [0.25, 0.3) is 11.3 Å². The number of nitrogens with two attached hydrogens (primary N) is 1. The molecule has 2 aromatic rings. The highest BCUT2D eigenvalue weighted by Crippen LogP contribution is 2.23. The molecule has 0 spiro atoms. The third-order valence-corrected chi connectivity index (χ3v) is 4.08. The Bertz CT molecular complexity index is 576. The molecule has 1 aromatic carbocycles. The van der Waals surface area contributed by atoms with Crippen molar-refractivity contribution < 1.29 is 0 Å². The van der Waals surface area contributed by atoms with Crippen LogP contribution < -0.4 is 5.73 Å². The van der Waals surface area contributed by atoms with Gasteiger partial charge in [0, 0.05) is 42.7 Å². The Hall–Kier alpha value is -1.91. The van der Waals surface area contributed by atoms with Crippen LogP contribution >= 0.6 is 11.3 Å². The van der Waals surface area contributed by atoms with Gasteiger partial charge in [0.05, 0.1) is 10.7 Å². The van der Waals surface area contributed by atoms with Gasteiger partial charge in [0.15, 0.2) is 0 Å². The molecule has 2 rings (SSSR count). The van der Waals surface area contributed by atoms with E-state index in [2.05, 4.69) is 23.4 Å². The third kappa shape index (κ3) is 4.55. The summed E-state index contributed by atoms with van der Waals surface area (Å²) in [5, 5.41) is 3.26. The lowest BCUT2D eigenvalue weighted by Gasteiger charge is -2.17. The fraction of sp³-hybridized carbons (Fsp3) is 0.235. The van der Waals surface area contributed by atoms with Crippen LogP contribution in [0.1, 0.15) is 5.01 Å². The van der Waals surface area contributed by atoms with Gasteiger partial charge in [-0.3, -0.25) is 4.90 Å². The first-order valence-electron chi connectivity index (χ1n) is 6.97. The van der Waals surface area contributed by atoms with E-state index in [-0.39, 0.29) is 0 Å². The van der Waals surface area contributed by atoms with Crippen molar-refractivity contribution in [2.45, 2.75) is 6.42 Å². The highest BCUT2D eigenvalue weighted by atomic mass is 32.1. The molecule has 0 aliphatic rings. The van der Waals surface area contributed by atoms with Gasteiger partial charge in [0.1, 0.15) is 0 Å². The van der Waals surface area contributed by atoms with Crippen molar-refractivity contribution in [1.29, 1.82) is 0 Å². The summed E-state index contributed by atoms with van der Waals surface area (Å²) < 4.78 is 0. The Labute approximate surface area is 130 Å². The van der Waals surface area contributed by atoms with Crippen LogP contribution in [-0.4, -0.2) is 29.5 Å². The number of anilines is 1. The summed E-state index contributed by atoms with van der Waals surface area (Å²) in [7, 11) is 0. The first-order valence-corrected chi connectivity index (χ1v) is 7.85. The van der Waals surface area contributed by atoms with Crippen molar-refractivity contribution >= 4 is 17.0 Å². The van der Waals surface area contributed by atoms with E-state index in [4.69, 9.17) is 10.7 Å². The largest absolute Gasteiger partial charge is 0.399 e. The number of hydrogen-bond acceptors (Lipinski definition) is 4. The summed E-state index contributed by atoms with van der Waals surface area (Å²) in [6, 6.07) is 7.83. The van der Waals surface area contributed by atoms with Crippen LogP contribution in [-0.2, 0) is 6.42 Å². The standard InChI is InChI=1S/C17H21N3S/c1-3-10-20(11-4-2)12-9-17-19-16(13-21-17)14-5-7-15(18)8-6-14/h3-8,13H,1-2,9-12,18H2. The van der Waals surface area contributed by atoms with Gasteiger partial charge in [-0.05, 0) is 12.1 Å². The summed E-state index contributed by atoms with van der Waals surface area (Å²) >= 11 is 1.71. The molecular formula is C17H21N3S. The van der Waals surface area contributed by atoms with Crippen molar-refractivity contribution in [1.82, 2.24) is 9.88 Å². The molecule has 1 heterocycles. The molecule has 0 unspecified atom stereocenters. The minimum atomic E-state index is 0.777. The lowest BCUT2D eigenvalue weighted by atomic mass is 10.1. The molecule has 0 saturated carbocycles. The molecule has 1 aromatic heterocycles.